The van der Waals surface area contributed by atoms with Crippen molar-refractivity contribution in [1.82, 2.24) is 15.3 Å². The van der Waals surface area contributed by atoms with E-state index in [4.69, 9.17) is 4.74 Å². The van der Waals surface area contributed by atoms with E-state index in [2.05, 4.69) is 20.6 Å². The Morgan fingerprint density at radius 2 is 2.47 bits per heavy atom. The van der Waals surface area contributed by atoms with Gasteiger partial charge < -0.3 is 15.4 Å². The molecule has 0 unspecified atom stereocenters. The van der Waals surface area contributed by atoms with Gasteiger partial charge >= 0.3 is 0 Å². The highest BCUT2D eigenvalue weighted by Gasteiger charge is 2.12. The maximum atomic E-state index is 5.33. The van der Waals surface area contributed by atoms with Crippen LogP contribution in [0.25, 0.3) is 0 Å². The highest BCUT2D eigenvalue weighted by atomic mass is 16.5. The van der Waals surface area contributed by atoms with Crippen LogP contribution in [0.1, 0.15) is 19.8 Å². The molecule has 1 aliphatic heterocycles. The molecule has 17 heavy (non-hydrogen) atoms. The van der Waals surface area contributed by atoms with Gasteiger partial charge in [-0.05, 0) is 38.8 Å². The van der Waals surface area contributed by atoms with Crippen LogP contribution < -0.4 is 15.4 Å². The topological polar surface area (TPSA) is 59.1 Å². The lowest BCUT2D eigenvalue weighted by Gasteiger charge is -2.23. The van der Waals surface area contributed by atoms with Crippen LogP contribution in [0.2, 0.25) is 0 Å². The molecule has 5 heteroatoms. The van der Waals surface area contributed by atoms with Gasteiger partial charge in [0, 0.05) is 12.6 Å². The Morgan fingerprint density at radius 1 is 1.53 bits per heavy atom. The highest BCUT2D eigenvalue weighted by Crippen LogP contribution is 2.14. The molecule has 1 aromatic heterocycles. The Hall–Kier alpha value is -1.36. The third-order valence-electron chi connectivity index (χ3n) is 2.91. The molecule has 1 fully saturated rings. The predicted octanol–water partition coefficient (Wildman–Crippen LogP) is 1.29. The minimum Gasteiger partial charge on any atom is -0.478 e. The number of nitrogens with zero attached hydrogens (tertiary/aromatic N) is 2. The van der Waals surface area contributed by atoms with E-state index in [1.54, 1.807) is 0 Å². The molecule has 1 aliphatic rings. The number of aromatic nitrogens is 2. The van der Waals surface area contributed by atoms with Gasteiger partial charge in [0.05, 0.1) is 6.61 Å². The van der Waals surface area contributed by atoms with Gasteiger partial charge in [-0.25, -0.2) is 9.97 Å². The average Bonchev–Trinajstić information content (AvgIpc) is 2.39. The summed E-state index contributed by atoms with van der Waals surface area (Å²) in [7, 11) is 0. The number of hydrogen-bond donors (Lipinski definition) is 2. The fourth-order valence-corrected chi connectivity index (χ4v) is 2.01. The van der Waals surface area contributed by atoms with Crippen molar-refractivity contribution in [2.45, 2.75) is 19.8 Å². The van der Waals surface area contributed by atoms with Crippen LogP contribution in [0, 0.1) is 5.92 Å². The molecule has 0 aromatic carbocycles. The Kier molecular flexibility index (Phi) is 4.55. The third-order valence-corrected chi connectivity index (χ3v) is 2.91. The van der Waals surface area contributed by atoms with Gasteiger partial charge in [-0.2, -0.15) is 0 Å². The molecule has 0 bridgehead atoms. The third kappa shape index (κ3) is 3.85. The Balaban J connectivity index is 1.83. The summed E-state index contributed by atoms with van der Waals surface area (Å²) >= 11 is 0. The number of piperidine rings is 1. The molecule has 0 spiro atoms. The maximum Gasteiger partial charge on any atom is 0.218 e. The first-order valence-corrected chi connectivity index (χ1v) is 6.28. The normalized spacial score (nSPS) is 19.9. The van der Waals surface area contributed by atoms with Crippen LogP contribution in [0.3, 0.4) is 0 Å². The van der Waals surface area contributed by atoms with Gasteiger partial charge in [0.1, 0.15) is 12.1 Å². The van der Waals surface area contributed by atoms with Crippen LogP contribution in [0.5, 0.6) is 5.88 Å². The fourth-order valence-electron chi connectivity index (χ4n) is 2.01. The summed E-state index contributed by atoms with van der Waals surface area (Å²) in [5.41, 5.74) is 0. The van der Waals surface area contributed by atoms with E-state index >= 15 is 0 Å². The average molecular weight is 236 g/mol. The first-order chi connectivity index (χ1) is 8.38. The van der Waals surface area contributed by atoms with E-state index in [1.165, 1.54) is 19.2 Å². The van der Waals surface area contributed by atoms with Gasteiger partial charge in [0.25, 0.3) is 0 Å². The first-order valence-electron chi connectivity index (χ1n) is 6.28. The van der Waals surface area contributed by atoms with Gasteiger partial charge in [-0.1, -0.05) is 0 Å². The number of anilines is 1. The monoisotopic (exact) mass is 236 g/mol. The number of nitrogens with one attached hydrogen (secondary N) is 2. The zero-order valence-corrected chi connectivity index (χ0v) is 10.3. The molecule has 0 aliphatic carbocycles. The summed E-state index contributed by atoms with van der Waals surface area (Å²) in [4.78, 5) is 8.22. The van der Waals surface area contributed by atoms with Crippen LogP contribution >= 0.6 is 0 Å². The van der Waals surface area contributed by atoms with E-state index in [0.29, 0.717) is 18.4 Å². The molecule has 94 valence electrons. The minimum atomic E-state index is 0.628. The first kappa shape index (κ1) is 12.1. The molecule has 0 radical (unpaired) electrons. The number of rotatable bonds is 5. The van der Waals surface area contributed by atoms with Crippen molar-refractivity contribution >= 4 is 5.82 Å². The van der Waals surface area contributed by atoms with Crippen LogP contribution in [-0.2, 0) is 0 Å². The van der Waals surface area contributed by atoms with Crippen molar-refractivity contribution in [3.05, 3.63) is 12.4 Å². The van der Waals surface area contributed by atoms with Crippen LogP contribution in [0.4, 0.5) is 5.82 Å². The molecule has 1 atom stereocenters. The van der Waals surface area contributed by atoms with Gasteiger partial charge in [0.2, 0.25) is 5.88 Å². The lowest BCUT2D eigenvalue weighted by molar-refractivity contribution is 0.326. The van der Waals surface area contributed by atoms with Gasteiger partial charge in [-0.3, -0.25) is 0 Å². The lowest BCUT2D eigenvalue weighted by atomic mass is 10.00. The summed E-state index contributed by atoms with van der Waals surface area (Å²) in [5, 5.41) is 6.75. The van der Waals surface area contributed by atoms with E-state index in [1.807, 2.05) is 13.0 Å². The van der Waals surface area contributed by atoms with Crippen LogP contribution in [0.15, 0.2) is 12.4 Å². The second kappa shape index (κ2) is 6.39. The second-order valence-corrected chi connectivity index (χ2v) is 4.27. The van der Waals surface area contributed by atoms with Crippen molar-refractivity contribution in [2.24, 2.45) is 5.92 Å². The van der Waals surface area contributed by atoms with Crippen molar-refractivity contribution in [3.8, 4) is 5.88 Å². The molecule has 1 saturated heterocycles. The van der Waals surface area contributed by atoms with E-state index in [9.17, 15) is 0 Å². The zero-order chi connectivity index (χ0) is 11.9. The summed E-state index contributed by atoms with van der Waals surface area (Å²) in [5.74, 6) is 2.16. The molecule has 5 nitrogen and oxygen atoms in total. The molecule has 2 heterocycles. The summed E-state index contributed by atoms with van der Waals surface area (Å²) in [6, 6.07) is 1.85. The standard InChI is InChI=1S/C12H20N4O/c1-2-17-12-6-11(15-9-16-12)14-8-10-4-3-5-13-7-10/h6,9-10,13H,2-5,7-8H2,1H3,(H,14,15,16)/t10-/m0/s1. The smallest absolute Gasteiger partial charge is 0.218 e. The van der Waals surface area contributed by atoms with Gasteiger partial charge in [0.15, 0.2) is 0 Å². The van der Waals surface area contributed by atoms with Crippen LogP contribution in [-0.4, -0.2) is 36.2 Å². The zero-order valence-electron chi connectivity index (χ0n) is 10.3. The second-order valence-electron chi connectivity index (χ2n) is 4.27. The summed E-state index contributed by atoms with van der Waals surface area (Å²) in [6.45, 7) is 5.77. The maximum absolute atomic E-state index is 5.33. The molecule has 2 rings (SSSR count). The Morgan fingerprint density at radius 3 is 3.24 bits per heavy atom. The largest absolute Gasteiger partial charge is 0.478 e. The summed E-state index contributed by atoms with van der Waals surface area (Å²) in [6.07, 6.45) is 4.08. The molecule has 2 N–H and O–H groups in total. The Bertz CT molecular complexity index is 339. The van der Waals surface area contributed by atoms with Crippen molar-refractivity contribution in [3.63, 3.8) is 0 Å². The fraction of sp³-hybridized carbons (Fsp3) is 0.667. The van der Waals surface area contributed by atoms with Gasteiger partial charge in [-0.15, -0.1) is 0 Å². The summed E-state index contributed by atoms with van der Waals surface area (Å²) < 4.78 is 5.33. The quantitative estimate of drug-likeness (QED) is 0.806. The molecule has 0 amide bonds. The molecular formula is C12H20N4O. The van der Waals surface area contributed by atoms with Crippen molar-refractivity contribution < 1.29 is 4.74 Å². The SMILES string of the molecule is CCOc1cc(NC[C@H]2CCCNC2)ncn1. The van der Waals surface area contributed by atoms with Crippen molar-refractivity contribution in [2.75, 3.05) is 31.6 Å². The van der Waals surface area contributed by atoms with E-state index < -0.39 is 0 Å². The number of hydrogen-bond acceptors (Lipinski definition) is 5. The lowest BCUT2D eigenvalue weighted by Crippen LogP contribution is -2.33. The van der Waals surface area contributed by atoms with Crippen molar-refractivity contribution in [1.29, 1.82) is 0 Å². The molecule has 1 aromatic rings. The Labute approximate surface area is 102 Å². The highest BCUT2D eigenvalue weighted by molar-refractivity contribution is 5.37. The predicted molar refractivity (Wildman–Crippen MR) is 67.3 cm³/mol. The molecule has 0 saturated carbocycles. The number of ether oxygens (including phenoxy) is 1. The van der Waals surface area contributed by atoms with E-state index in [0.717, 1.165) is 25.5 Å². The molecular weight excluding hydrogens is 216 g/mol. The minimum absolute atomic E-state index is 0.628. The van der Waals surface area contributed by atoms with E-state index in [-0.39, 0.29) is 0 Å².